The van der Waals surface area contributed by atoms with Crippen LogP contribution in [0.25, 0.3) is 0 Å². The molecule has 2 amide bonds. The summed E-state index contributed by atoms with van der Waals surface area (Å²) in [5.74, 6) is 0. The van der Waals surface area contributed by atoms with E-state index in [0.717, 1.165) is 10.5 Å². The summed E-state index contributed by atoms with van der Waals surface area (Å²) < 4.78 is 11.4. The lowest BCUT2D eigenvalue weighted by molar-refractivity contribution is 0.199. The number of carbonyl (C=O) groups excluding carboxylic acids is 1. The van der Waals surface area contributed by atoms with E-state index in [2.05, 4.69) is 5.32 Å². The van der Waals surface area contributed by atoms with Gasteiger partial charge in [0.1, 0.15) is 0 Å². The first-order valence-corrected chi connectivity index (χ1v) is 9.30. The van der Waals surface area contributed by atoms with Gasteiger partial charge in [0.05, 0.1) is 0 Å². The lowest BCUT2D eigenvalue weighted by atomic mass is 10.2. The third kappa shape index (κ3) is 5.47. The Morgan fingerprint density at radius 2 is 1.79 bits per heavy atom. The van der Waals surface area contributed by atoms with E-state index >= 15 is 0 Å². The summed E-state index contributed by atoms with van der Waals surface area (Å²) in [7, 11) is -1.04. The number of nitrogens with zero attached hydrogens (tertiary/aromatic N) is 1. The molecule has 128 valence electrons. The first kappa shape index (κ1) is 18.2. The second-order valence-electron chi connectivity index (χ2n) is 5.39. The summed E-state index contributed by atoms with van der Waals surface area (Å²) in [6, 6.07) is 16.4. The van der Waals surface area contributed by atoms with Gasteiger partial charge >= 0.3 is 6.03 Å². The number of anilines is 1. The number of urea groups is 1. The van der Waals surface area contributed by atoms with Crippen molar-refractivity contribution in [3.8, 4) is 0 Å². The summed E-state index contributed by atoms with van der Waals surface area (Å²) in [6.45, 7) is 0.980. The van der Waals surface area contributed by atoms with Crippen molar-refractivity contribution < 1.29 is 14.1 Å². The molecule has 0 aliphatic heterocycles. The Bertz CT molecular complexity index is 674. The Kier molecular flexibility index (Phi) is 6.96. The number of hydrogen-bond acceptors (Lipinski definition) is 3. The Morgan fingerprint density at radius 1 is 1.12 bits per heavy atom. The maximum Gasteiger partial charge on any atom is 0.322 e. The molecule has 0 bridgehead atoms. The van der Waals surface area contributed by atoms with Gasteiger partial charge in [-0.1, -0.05) is 30.3 Å². The summed E-state index contributed by atoms with van der Waals surface area (Å²) in [5, 5.41) is 11.9. The zero-order valence-electron chi connectivity index (χ0n) is 13.6. The van der Waals surface area contributed by atoms with Gasteiger partial charge in [-0.3, -0.25) is 4.21 Å². The fraction of sp³-hybridized carbons (Fsp3) is 0.278. The highest BCUT2D eigenvalue weighted by Crippen LogP contribution is 2.14. The first-order valence-electron chi connectivity index (χ1n) is 7.74. The number of nitrogens with one attached hydrogen (secondary N) is 1. The third-order valence-corrected chi connectivity index (χ3v) is 4.46. The van der Waals surface area contributed by atoms with Crippen LogP contribution in [0.1, 0.15) is 12.0 Å². The molecule has 0 fully saturated rings. The highest BCUT2D eigenvalue weighted by atomic mass is 32.2. The van der Waals surface area contributed by atoms with E-state index in [1.165, 1.54) is 0 Å². The number of aliphatic hydroxyl groups is 1. The molecule has 2 N–H and O–H groups in total. The lowest BCUT2D eigenvalue weighted by Gasteiger charge is -2.23. The average Bonchev–Trinajstić information content (AvgIpc) is 2.60. The number of aliphatic hydroxyl groups excluding tert-OH is 1. The maximum atomic E-state index is 12.5. The van der Waals surface area contributed by atoms with E-state index in [9.17, 15) is 9.00 Å². The largest absolute Gasteiger partial charge is 0.396 e. The zero-order valence-corrected chi connectivity index (χ0v) is 14.5. The van der Waals surface area contributed by atoms with Crippen molar-refractivity contribution in [2.45, 2.75) is 17.9 Å². The van der Waals surface area contributed by atoms with E-state index in [4.69, 9.17) is 5.11 Å². The van der Waals surface area contributed by atoms with Crippen molar-refractivity contribution >= 4 is 22.5 Å². The Morgan fingerprint density at radius 3 is 2.38 bits per heavy atom. The highest BCUT2D eigenvalue weighted by molar-refractivity contribution is 7.84. The van der Waals surface area contributed by atoms with Crippen LogP contribution >= 0.6 is 0 Å². The zero-order chi connectivity index (χ0) is 17.4. The van der Waals surface area contributed by atoms with Gasteiger partial charge in [-0.2, -0.15) is 0 Å². The second-order valence-corrected chi connectivity index (χ2v) is 6.77. The molecule has 6 heteroatoms. The van der Waals surface area contributed by atoms with Crippen molar-refractivity contribution in [1.29, 1.82) is 0 Å². The van der Waals surface area contributed by atoms with Crippen LogP contribution in [0.5, 0.6) is 0 Å². The molecule has 0 saturated carbocycles. The predicted molar refractivity (Wildman–Crippen MR) is 96.3 cm³/mol. The molecule has 0 aromatic heterocycles. The Hall–Kier alpha value is -2.18. The molecule has 24 heavy (non-hydrogen) atoms. The van der Waals surface area contributed by atoms with Crippen LogP contribution in [0.2, 0.25) is 0 Å². The fourth-order valence-corrected chi connectivity index (χ4v) is 2.77. The van der Waals surface area contributed by atoms with E-state index in [0.29, 0.717) is 25.2 Å². The molecule has 2 rings (SSSR count). The average molecular weight is 346 g/mol. The topological polar surface area (TPSA) is 69.6 Å². The molecular weight excluding hydrogens is 324 g/mol. The van der Waals surface area contributed by atoms with Crippen molar-refractivity contribution in [2.24, 2.45) is 0 Å². The van der Waals surface area contributed by atoms with E-state index in [-0.39, 0.29) is 12.6 Å². The number of hydrogen-bond donors (Lipinski definition) is 2. The van der Waals surface area contributed by atoms with E-state index in [1.807, 2.05) is 30.3 Å². The predicted octanol–water partition coefficient (Wildman–Crippen LogP) is 2.84. The van der Waals surface area contributed by atoms with Crippen molar-refractivity contribution in [3.63, 3.8) is 0 Å². The van der Waals surface area contributed by atoms with Gasteiger partial charge in [0.25, 0.3) is 0 Å². The molecule has 0 saturated heterocycles. The second kappa shape index (κ2) is 9.20. The van der Waals surface area contributed by atoms with Crippen LogP contribution < -0.4 is 5.32 Å². The fourth-order valence-electron chi connectivity index (χ4n) is 2.25. The van der Waals surface area contributed by atoms with Crippen molar-refractivity contribution in [3.05, 3.63) is 60.2 Å². The normalized spacial score (nSPS) is 11.8. The van der Waals surface area contributed by atoms with Gasteiger partial charge in [0.15, 0.2) is 0 Å². The van der Waals surface area contributed by atoms with Crippen molar-refractivity contribution in [2.75, 3.05) is 24.7 Å². The van der Waals surface area contributed by atoms with Crippen molar-refractivity contribution in [1.82, 2.24) is 4.90 Å². The molecule has 1 unspecified atom stereocenters. The summed E-state index contributed by atoms with van der Waals surface area (Å²) in [5.41, 5.74) is 1.68. The number of benzene rings is 2. The molecule has 2 aromatic rings. The molecule has 0 aliphatic rings. The smallest absolute Gasteiger partial charge is 0.322 e. The summed E-state index contributed by atoms with van der Waals surface area (Å²) >= 11 is 0. The molecule has 1 atom stereocenters. The quantitative estimate of drug-likeness (QED) is 0.810. The van der Waals surface area contributed by atoms with Gasteiger partial charge < -0.3 is 15.3 Å². The monoisotopic (exact) mass is 346 g/mol. The standard InChI is InChI=1S/C18H22N2O3S/c1-24(23)17-10-8-16(9-11-17)19-18(22)20(12-5-13-21)14-15-6-3-2-4-7-15/h2-4,6-11,21H,5,12-14H2,1H3,(H,19,22). The van der Waals surface area contributed by atoms with Crippen LogP contribution in [0, 0.1) is 0 Å². The van der Waals surface area contributed by atoms with Gasteiger partial charge in [-0.15, -0.1) is 0 Å². The van der Waals surface area contributed by atoms with Crippen LogP contribution in [-0.4, -0.2) is 39.7 Å². The number of amides is 2. The minimum Gasteiger partial charge on any atom is -0.396 e. The van der Waals surface area contributed by atoms with Gasteiger partial charge in [-0.05, 0) is 36.2 Å². The molecule has 2 aromatic carbocycles. The summed E-state index contributed by atoms with van der Waals surface area (Å²) in [4.78, 5) is 14.9. The minimum atomic E-state index is -1.04. The summed E-state index contributed by atoms with van der Waals surface area (Å²) in [6.07, 6.45) is 2.14. The van der Waals surface area contributed by atoms with E-state index in [1.54, 1.807) is 35.4 Å². The van der Waals surface area contributed by atoms with Crippen LogP contribution in [0.3, 0.4) is 0 Å². The van der Waals surface area contributed by atoms with Gasteiger partial charge in [-0.25, -0.2) is 4.79 Å². The van der Waals surface area contributed by atoms with Crippen LogP contribution in [0.4, 0.5) is 10.5 Å². The highest BCUT2D eigenvalue weighted by Gasteiger charge is 2.14. The maximum absolute atomic E-state index is 12.5. The number of carbonyl (C=O) groups is 1. The molecular formula is C18H22N2O3S. The Labute approximate surface area is 144 Å². The SMILES string of the molecule is CS(=O)c1ccc(NC(=O)N(CCCO)Cc2ccccc2)cc1. The molecule has 0 aliphatic carbocycles. The Balaban J connectivity index is 2.04. The lowest BCUT2D eigenvalue weighted by Crippen LogP contribution is -2.35. The molecule has 0 spiro atoms. The van der Waals surface area contributed by atoms with Gasteiger partial charge in [0.2, 0.25) is 0 Å². The van der Waals surface area contributed by atoms with Gasteiger partial charge in [0, 0.05) is 47.3 Å². The number of rotatable bonds is 7. The molecule has 0 radical (unpaired) electrons. The minimum absolute atomic E-state index is 0.0373. The first-order chi connectivity index (χ1) is 11.6. The molecule has 5 nitrogen and oxygen atoms in total. The van der Waals surface area contributed by atoms with Crippen LogP contribution in [-0.2, 0) is 17.3 Å². The third-order valence-electron chi connectivity index (χ3n) is 3.53. The van der Waals surface area contributed by atoms with Crippen LogP contribution in [0.15, 0.2) is 59.5 Å². The molecule has 0 heterocycles. The van der Waals surface area contributed by atoms with E-state index < -0.39 is 10.8 Å².